The van der Waals surface area contributed by atoms with Crippen LogP contribution in [0.15, 0.2) is 18.2 Å². The third-order valence-corrected chi connectivity index (χ3v) is 4.16. The molecule has 0 aliphatic rings. The van der Waals surface area contributed by atoms with E-state index in [0.29, 0.717) is 33.2 Å². The quantitative estimate of drug-likeness (QED) is 0.827. The van der Waals surface area contributed by atoms with E-state index < -0.39 is 5.97 Å². The number of hydrogen-bond acceptors (Lipinski definition) is 5. The van der Waals surface area contributed by atoms with Crippen molar-refractivity contribution in [2.75, 3.05) is 11.9 Å². The van der Waals surface area contributed by atoms with Crippen LogP contribution in [0.3, 0.4) is 0 Å². The van der Waals surface area contributed by atoms with Crippen molar-refractivity contribution in [3.05, 3.63) is 38.8 Å². The van der Waals surface area contributed by atoms with Gasteiger partial charge < -0.3 is 10.1 Å². The molecule has 106 valence electrons. The molecular weight excluding hydrogens is 319 g/mol. The summed E-state index contributed by atoms with van der Waals surface area (Å²) < 4.78 is 4.95. The fourth-order valence-electron chi connectivity index (χ4n) is 1.55. The molecule has 7 heteroatoms. The third kappa shape index (κ3) is 3.23. The summed E-state index contributed by atoms with van der Waals surface area (Å²) >= 11 is 13.4. The first-order valence-electron chi connectivity index (χ1n) is 5.88. The summed E-state index contributed by atoms with van der Waals surface area (Å²) in [6.07, 6.45) is 0. The third-order valence-electron chi connectivity index (χ3n) is 2.46. The van der Waals surface area contributed by atoms with E-state index in [0.717, 1.165) is 4.88 Å². The van der Waals surface area contributed by atoms with Gasteiger partial charge >= 0.3 is 5.97 Å². The smallest absolute Gasteiger partial charge is 0.358 e. The number of hydrogen-bond donors (Lipinski definition) is 1. The highest BCUT2D eigenvalue weighted by molar-refractivity contribution is 7.15. The van der Waals surface area contributed by atoms with Crippen LogP contribution < -0.4 is 5.32 Å². The molecule has 0 saturated heterocycles. The van der Waals surface area contributed by atoms with Gasteiger partial charge in [-0.1, -0.05) is 29.3 Å². The molecule has 0 saturated carbocycles. The maximum Gasteiger partial charge on any atom is 0.358 e. The van der Waals surface area contributed by atoms with Crippen molar-refractivity contribution >= 4 is 51.3 Å². The zero-order chi connectivity index (χ0) is 14.7. The number of carbonyl (C=O) groups excluding carboxylic acids is 1. The van der Waals surface area contributed by atoms with E-state index in [2.05, 4.69) is 10.3 Å². The summed E-state index contributed by atoms with van der Waals surface area (Å²) in [4.78, 5) is 16.7. The Labute approximate surface area is 130 Å². The molecule has 0 aliphatic heterocycles. The Balaban J connectivity index is 2.25. The SMILES string of the molecule is CCOC(=O)c1nc(Nc2cccc(Cl)c2Cl)sc1C. The van der Waals surface area contributed by atoms with E-state index in [1.54, 1.807) is 25.1 Å². The molecule has 0 spiro atoms. The lowest BCUT2D eigenvalue weighted by molar-refractivity contribution is 0.0519. The van der Waals surface area contributed by atoms with Crippen LogP contribution in [-0.4, -0.2) is 17.6 Å². The first-order chi connectivity index (χ1) is 9.52. The Morgan fingerprint density at radius 1 is 1.45 bits per heavy atom. The molecule has 0 aliphatic carbocycles. The number of aromatic nitrogens is 1. The molecule has 2 rings (SSSR count). The first kappa shape index (κ1) is 15.1. The van der Waals surface area contributed by atoms with Gasteiger partial charge in [0, 0.05) is 4.88 Å². The van der Waals surface area contributed by atoms with Gasteiger partial charge in [0.15, 0.2) is 10.8 Å². The van der Waals surface area contributed by atoms with Crippen LogP contribution in [0.5, 0.6) is 0 Å². The first-order valence-corrected chi connectivity index (χ1v) is 7.45. The fourth-order valence-corrected chi connectivity index (χ4v) is 2.72. The number of benzene rings is 1. The number of halogens is 2. The minimum absolute atomic E-state index is 0.317. The number of ether oxygens (including phenoxy) is 1. The molecule has 20 heavy (non-hydrogen) atoms. The van der Waals surface area contributed by atoms with Crippen molar-refractivity contribution in [3.63, 3.8) is 0 Å². The van der Waals surface area contributed by atoms with Crippen molar-refractivity contribution in [3.8, 4) is 0 Å². The minimum atomic E-state index is -0.425. The fraction of sp³-hybridized carbons (Fsp3) is 0.231. The Morgan fingerprint density at radius 3 is 2.90 bits per heavy atom. The lowest BCUT2D eigenvalue weighted by Gasteiger charge is -2.05. The maximum absolute atomic E-state index is 11.7. The number of rotatable bonds is 4. The van der Waals surface area contributed by atoms with Crippen LogP contribution in [0.4, 0.5) is 10.8 Å². The molecule has 0 bridgehead atoms. The van der Waals surface area contributed by atoms with E-state index in [1.165, 1.54) is 11.3 Å². The summed E-state index contributed by atoms with van der Waals surface area (Å²) in [5, 5.41) is 4.49. The lowest BCUT2D eigenvalue weighted by Crippen LogP contribution is -2.06. The molecule has 0 atom stereocenters. The van der Waals surface area contributed by atoms with Crippen LogP contribution in [0.2, 0.25) is 10.0 Å². The molecule has 0 unspecified atom stereocenters. The largest absolute Gasteiger partial charge is 0.461 e. The topological polar surface area (TPSA) is 51.2 Å². The van der Waals surface area contributed by atoms with Crippen molar-refractivity contribution < 1.29 is 9.53 Å². The van der Waals surface area contributed by atoms with Crippen LogP contribution in [0.1, 0.15) is 22.3 Å². The van der Waals surface area contributed by atoms with Gasteiger partial charge in [-0.05, 0) is 26.0 Å². The van der Waals surface area contributed by atoms with Crippen LogP contribution in [-0.2, 0) is 4.74 Å². The molecule has 1 aromatic heterocycles. The van der Waals surface area contributed by atoms with Crippen LogP contribution >= 0.6 is 34.5 Å². The molecular formula is C13H12Cl2N2O2S. The second-order valence-electron chi connectivity index (χ2n) is 3.87. The molecule has 1 N–H and O–H groups in total. The predicted octanol–water partition coefficient (Wildman–Crippen LogP) is 4.68. The van der Waals surface area contributed by atoms with Gasteiger partial charge in [-0.25, -0.2) is 9.78 Å². The number of nitrogens with one attached hydrogen (secondary N) is 1. The molecule has 2 aromatic rings. The van der Waals surface area contributed by atoms with Crippen LogP contribution in [0, 0.1) is 6.92 Å². The standard InChI is InChI=1S/C13H12Cl2N2O2S/c1-3-19-12(18)11-7(2)20-13(17-11)16-9-6-4-5-8(14)10(9)15/h4-6H,3H2,1-2H3,(H,16,17). The highest BCUT2D eigenvalue weighted by Gasteiger charge is 2.17. The number of thiazole rings is 1. The van der Waals surface area contributed by atoms with E-state index >= 15 is 0 Å². The van der Waals surface area contributed by atoms with Gasteiger partial charge in [0.05, 0.1) is 22.3 Å². The van der Waals surface area contributed by atoms with Gasteiger partial charge in [-0.15, -0.1) is 11.3 Å². The Hall–Kier alpha value is -1.30. The minimum Gasteiger partial charge on any atom is -0.461 e. The average Bonchev–Trinajstić information content (AvgIpc) is 2.76. The highest BCUT2D eigenvalue weighted by atomic mass is 35.5. The average molecular weight is 331 g/mol. The maximum atomic E-state index is 11.7. The molecule has 0 fully saturated rings. The Morgan fingerprint density at radius 2 is 2.20 bits per heavy atom. The van der Waals surface area contributed by atoms with E-state index in [1.807, 2.05) is 6.92 Å². The molecule has 0 radical (unpaired) electrons. The summed E-state index contributed by atoms with van der Waals surface area (Å²) in [5.74, 6) is -0.425. The van der Waals surface area contributed by atoms with Gasteiger partial charge in [0.25, 0.3) is 0 Å². The Bertz CT molecular complexity index is 643. The predicted molar refractivity (Wildman–Crippen MR) is 82.6 cm³/mol. The van der Waals surface area contributed by atoms with Gasteiger partial charge in [0.1, 0.15) is 0 Å². The highest BCUT2D eigenvalue weighted by Crippen LogP contribution is 2.33. The van der Waals surface area contributed by atoms with E-state index in [9.17, 15) is 4.79 Å². The second kappa shape index (κ2) is 6.43. The number of anilines is 2. The van der Waals surface area contributed by atoms with Crippen LogP contribution in [0.25, 0.3) is 0 Å². The molecule has 1 aromatic carbocycles. The molecule has 4 nitrogen and oxygen atoms in total. The number of aryl methyl sites for hydroxylation is 1. The zero-order valence-corrected chi connectivity index (χ0v) is 13.2. The Kier molecular flexibility index (Phi) is 4.86. The second-order valence-corrected chi connectivity index (χ2v) is 5.86. The molecule has 1 heterocycles. The van der Waals surface area contributed by atoms with Gasteiger partial charge in [0.2, 0.25) is 0 Å². The van der Waals surface area contributed by atoms with Gasteiger partial charge in [-0.3, -0.25) is 0 Å². The molecule has 0 amide bonds. The van der Waals surface area contributed by atoms with Crippen molar-refractivity contribution in [2.24, 2.45) is 0 Å². The summed E-state index contributed by atoms with van der Waals surface area (Å²) in [6, 6.07) is 5.27. The monoisotopic (exact) mass is 330 g/mol. The van der Waals surface area contributed by atoms with E-state index in [4.69, 9.17) is 27.9 Å². The summed E-state index contributed by atoms with van der Waals surface area (Å²) in [6.45, 7) is 3.89. The summed E-state index contributed by atoms with van der Waals surface area (Å²) in [5.41, 5.74) is 0.959. The normalized spacial score (nSPS) is 10.4. The number of carbonyl (C=O) groups is 1. The van der Waals surface area contributed by atoms with Gasteiger partial charge in [-0.2, -0.15) is 0 Å². The summed E-state index contributed by atoms with van der Waals surface area (Å²) in [7, 11) is 0. The lowest BCUT2D eigenvalue weighted by atomic mass is 10.3. The van der Waals surface area contributed by atoms with Crippen molar-refractivity contribution in [1.29, 1.82) is 0 Å². The van der Waals surface area contributed by atoms with Crippen molar-refractivity contribution in [2.45, 2.75) is 13.8 Å². The van der Waals surface area contributed by atoms with Crippen molar-refractivity contribution in [1.82, 2.24) is 4.98 Å². The van der Waals surface area contributed by atoms with E-state index in [-0.39, 0.29) is 0 Å². The number of nitrogens with zero attached hydrogens (tertiary/aromatic N) is 1. The zero-order valence-electron chi connectivity index (χ0n) is 10.9. The number of esters is 1.